The van der Waals surface area contributed by atoms with Crippen LogP contribution >= 0.6 is 0 Å². The smallest absolute Gasteiger partial charge is 0.279 e. The van der Waals surface area contributed by atoms with E-state index in [0.717, 1.165) is 19.3 Å². The van der Waals surface area contributed by atoms with Crippen molar-refractivity contribution in [3.63, 3.8) is 0 Å². The second-order valence-corrected chi connectivity index (χ2v) is 6.17. The average molecular weight is 265 g/mol. The second-order valence-electron chi connectivity index (χ2n) is 4.41. The number of aliphatic hydroxyl groups is 1. The first-order chi connectivity index (χ1) is 8.02. The maximum atomic E-state index is 11.8. The van der Waals surface area contributed by atoms with E-state index >= 15 is 0 Å². The highest BCUT2D eigenvalue weighted by atomic mass is 32.2. The summed E-state index contributed by atoms with van der Waals surface area (Å²) in [5.74, 6) is 0. The molecule has 0 amide bonds. The summed E-state index contributed by atoms with van der Waals surface area (Å²) >= 11 is 0. The summed E-state index contributed by atoms with van der Waals surface area (Å²) in [7, 11) is -3.30. The molecule has 0 aromatic rings. The van der Waals surface area contributed by atoms with Crippen molar-refractivity contribution in [1.29, 1.82) is 0 Å². The van der Waals surface area contributed by atoms with Crippen molar-refractivity contribution in [3.8, 4) is 0 Å². The highest BCUT2D eigenvalue weighted by Gasteiger charge is 2.22. The average Bonchev–Trinajstić information content (AvgIpc) is 2.29. The van der Waals surface area contributed by atoms with Crippen LogP contribution in [0.2, 0.25) is 0 Å². The standard InChI is InChI=1S/C10H23N3O3S/c1-10(14)9-11-5-6-12-17(15,16)13-7-3-2-4-8-13/h10-12,14H,2-9H2,1H3. The third-order valence-electron chi connectivity index (χ3n) is 2.68. The van der Waals surface area contributed by atoms with Crippen LogP contribution in [0.15, 0.2) is 0 Å². The summed E-state index contributed by atoms with van der Waals surface area (Å²) in [4.78, 5) is 0. The third kappa shape index (κ3) is 5.78. The first-order valence-corrected chi connectivity index (χ1v) is 7.60. The number of hydrogen-bond donors (Lipinski definition) is 3. The molecule has 6 nitrogen and oxygen atoms in total. The van der Waals surface area contributed by atoms with E-state index in [4.69, 9.17) is 5.11 Å². The normalized spacial score (nSPS) is 20.4. The summed E-state index contributed by atoms with van der Waals surface area (Å²) in [5, 5.41) is 12.0. The molecule has 1 heterocycles. The van der Waals surface area contributed by atoms with Gasteiger partial charge >= 0.3 is 0 Å². The number of hydrogen-bond acceptors (Lipinski definition) is 4. The number of aliphatic hydroxyl groups excluding tert-OH is 1. The van der Waals surface area contributed by atoms with Gasteiger partial charge in [0, 0.05) is 32.7 Å². The summed E-state index contributed by atoms with van der Waals surface area (Å²) in [5.41, 5.74) is 0. The van der Waals surface area contributed by atoms with Gasteiger partial charge in [0.15, 0.2) is 0 Å². The highest BCUT2D eigenvalue weighted by molar-refractivity contribution is 7.87. The van der Waals surface area contributed by atoms with E-state index in [9.17, 15) is 8.42 Å². The molecule has 0 radical (unpaired) electrons. The van der Waals surface area contributed by atoms with Crippen LogP contribution in [0.25, 0.3) is 0 Å². The van der Waals surface area contributed by atoms with E-state index in [1.165, 1.54) is 4.31 Å². The first-order valence-electron chi connectivity index (χ1n) is 6.16. The van der Waals surface area contributed by atoms with Crippen LogP contribution in [-0.4, -0.2) is 56.7 Å². The SMILES string of the molecule is CC(O)CNCCNS(=O)(=O)N1CCCCC1. The Labute approximate surface area is 104 Å². The zero-order valence-corrected chi connectivity index (χ0v) is 11.2. The van der Waals surface area contributed by atoms with Crippen molar-refractivity contribution >= 4 is 10.2 Å². The lowest BCUT2D eigenvalue weighted by molar-refractivity contribution is 0.192. The molecule has 1 aliphatic heterocycles. The zero-order chi connectivity index (χ0) is 12.7. The molecule has 1 rings (SSSR count). The molecule has 0 spiro atoms. The quantitative estimate of drug-likeness (QED) is 0.531. The van der Waals surface area contributed by atoms with E-state index < -0.39 is 16.3 Å². The Balaban J connectivity index is 2.20. The molecule has 102 valence electrons. The van der Waals surface area contributed by atoms with Crippen molar-refractivity contribution in [3.05, 3.63) is 0 Å². The van der Waals surface area contributed by atoms with Crippen LogP contribution in [0.1, 0.15) is 26.2 Å². The lowest BCUT2D eigenvalue weighted by Gasteiger charge is -2.25. The molecule has 1 aliphatic rings. The Morgan fingerprint density at radius 1 is 1.24 bits per heavy atom. The molecule has 17 heavy (non-hydrogen) atoms. The zero-order valence-electron chi connectivity index (χ0n) is 10.4. The molecule has 3 N–H and O–H groups in total. The third-order valence-corrected chi connectivity index (χ3v) is 4.29. The van der Waals surface area contributed by atoms with Crippen molar-refractivity contribution < 1.29 is 13.5 Å². The van der Waals surface area contributed by atoms with Crippen LogP contribution in [0, 0.1) is 0 Å². The van der Waals surface area contributed by atoms with Gasteiger partial charge in [-0.05, 0) is 19.8 Å². The maximum Gasteiger partial charge on any atom is 0.279 e. The van der Waals surface area contributed by atoms with Gasteiger partial charge in [0.2, 0.25) is 0 Å². The van der Waals surface area contributed by atoms with E-state index in [0.29, 0.717) is 32.7 Å². The fraction of sp³-hybridized carbons (Fsp3) is 1.00. The Hall–Kier alpha value is -0.210. The van der Waals surface area contributed by atoms with Crippen LogP contribution in [0.4, 0.5) is 0 Å². The van der Waals surface area contributed by atoms with Gasteiger partial charge in [0.05, 0.1) is 6.10 Å². The summed E-state index contributed by atoms with van der Waals surface area (Å²) in [6, 6.07) is 0. The lowest BCUT2D eigenvalue weighted by Crippen LogP contribution is -2.45. The molecule has 1 unspecified atom stereocenters. The molecule has 0 saturated carbocycles. The van der Waals surface area contributed by atoms with Crippen LogP contribution in [0.3, 0.4) is 0 Å². The maximum absolute atomic E-state index is 11.8. The van der Waals surface area contributed by atoms with Crippen molar-refractivity contribution in [2.45, 2.75) is 32.3 Å². The molecular formula is C10H23N3O3S. The van der Waals surface area contributed by atoms with Gasteiger partial charge in [-0.25, -0.2) is 4.72 Å². The summed E-state index contributed by atoms with van der Waals surface area (Å²) < 4.78 is 27.7. The van der Waals surface area contributed by atoms with Gasteiger partial charge in [-0.3, -0.25) is 0 Å². The van der Waals surface area contributed by atoms with Gasteiger partial charge in [-0.15, -0.1) is 0 Å². The summed E-state index contributed by atoms with van der Waals surface area (Å²) in [6.45, 7) is 4.28. The molecule has 1 fully saturated rings. The molecule has 0 aromatic heterocycles. The van der Waals surface area contributed by atoms with Crippen LogP contribution in [0.5, 0.6) is 0 Å². The molecule has 0 bridgehead atoms. The van der Waals surface area contributed by atoms with Gasteiger partial charge in [-0.2, -0.15) is 12.7 Å². The van der Waals surface area contributed by atoms with E-state index in [1.807, 2.05) is 0 Å². The molecule has 0 aromatic carbocycles. The largest absolute Gasteiger partial charge is 0.392 e. The van der Waals surface area contributed by atoms with Crippen molar-refractivity contribution in [2.24, 2.45) is 0 Å². The van der Waals surface area contributed by atoms with Gasteiger partial charge in [-0.1, -0.05) is 6.42 Å². The van der Waals surface area contributed by atoms with Crippen molar-refractivity contribution in [1.82, 2.24) is 14.3 Å². The second kappa shape index (κ2) is 7.27. The lowest BCUT2D eigenvalue weighted by atomic mass is 10.2. The molecule has 7 heteroatoms. The van der Waals surface area contributed by atoms with E-state index in [-0.39, 0.29) is 0 Å². The van der Waals surface area contributed by atoms with E-state index in [1.54, 1.807) is 6.92 Å². The number of nitrogens with zero attached hydrogens (tertiary/aromatic N) is 1. The highest BCUT2D eigenvalue weighted by Crippen LogP contribution is 2.11. The van der Waals surface area contributed by atoms with Crippen LogP contribution in [-0.2, 0) is 10.2 Å². The van der Waals surface area contributed by atoms with Crippen LogP contribution < -0.4 is 10.0 Å². The minimum absolute atomic E-state index is 0.353. The minimum Gasteiger partial charge on any atom is -0.392 e. The Morgan fingerprint density at radius 2 is 1.88 bits per heavy atom. The Bertz CT molecular complexity index is 300. The molecule has 0 aliphatic carbocycles. The number of piperidine rings is 1. The predicted octanol–water partition coefficient (Wildman–Crippen LogP) is -0.723. The molecule has 1 atom stereocenters. The first kappa shape index (κ1) is 14.8. The minimum atomic E-state index is -3.30. The van der Waals surface area contributed by atoms with E-state index in [2.05, 4.69) is 10.0 Å². The fourth-order valence-electron chi connectivity index (χ4n) is 1.78. The molecular weight excluding hydrogens is 242 g/mol. The Morgan fingerprint density at radius 3 is 2.47 bits per heavy atom. The van der Waals surface area contributed by atoms with Crippen molar-refractivity contribution in [2.75, 3.05) is 32.7 Å². The van der Waals surface area contributed by atoms with Gasteiger partial charge in [0.1, 0.15) is 0 Å². The van der Waals surface area contributed by atoms with Gasteiger partial charge < -0.3 is 10.4 Å². The Kier molecular flexibility index (Phi) is 6.35. The summed E-state index contributed by atoms with van der Waals surface area (Å²) in [6.07, 6.45) is 2.60. The fourth-order valence-corrected chi connectivity index (χ4v) is 3.06. The number of nitrogens with one attached hydrogen (secondary N) is 2. The molecule has 1 saturated heterocycles. The predicted molar refractivity (Wildman–Crippen MR) is 66.9 cm³/mol. The topological polar surface area (TPSA) is 81.7 Å². The monoisotopic (exact) mass is 265 g/mol. The van der Waals surface area contributed by atoms with Gasteiger partial charge in [0.25, 0.3) is 10.2 Å². The number of rotatable bonds is 7.